The van der Waals surface area contributed by atoms with Gasteiger partial charge in [0.2, 0.25) is 0 Å². The van der Waals surface area contributed by atoms with Crippen molar-refractivity contribution in [1.82, 2.24) is 15.1 Å². The first-order chi connectivity index (χ1) is 10.1. The number of carbonyl (C=O) groups is 1. The van der Waals surface area contributed by atoms with Crippen LogP contribution in [0.1, 0.15) is 12.5 Å². The van der Waals surface area contributed by atoms with E-state index in [4.69, 9.17) is 4.74 Å². The van der Waals surface area contributed by atoms with Gasteiger partial charge in [-0.25, -0.2) is 9.48 Å². The number of aryl methyl sites for hydroxylation is 1. The monoisotopic (exact) mass is 288 g/mol. The summed E-state index contributed by atoms with van der Waals surface area (Å²) in [6.07, 6.45) is 1.65. The van der Waals surface area contributed by atoms with Gasteiger partial charge in [0.05, 0.1) is 24.5 Å². The topological polar surface area (TPSA) is 68.2 Å². The summed E-state index contributed by atoms with van der Waals surface area (Å²) in [6, 6.07) is 9.27. The van der Waals surface area contributed by atoms with Crippen LogP contribution in [-0.4, -0.2) is 35.6 Å². The lowest BCUT2D eigenvalue weighted by atomic mass is 10.2. The van der Waals surface area contributed by atoms with E-state index < -0.39 is 0 Å². The summed E-state index contributed by atoms with van der Waals surface area (Å²) < 4.78 is 6.69. The van der Waals surface area contributed by atoms with E-state index in [1.54, 1.807) is 24.1 Å². The number of nitrogens with one attached hydrogen (secondary N) is 2. The molecule has 2 amide bonds. The molecule has 0 aliphatic heterocycles. The smallest absolute Gasteiger partial charge is 0.320 e. The minimum absolute atomic E-state index is 0.0650. The van der Waals surface area contributed by atoms with E-state index >= 15 is 0 Å². The molecule has 0 aliphatic rings. The maximum absolute atomic E-state index is 11.9. The number of carbonyl (C=O) groups excluding carboxylic acids is 1. The Hall–Kier alpha value is -2.34. The van der Waals surface area contributed by atoms with E-state index in [0.717, 1.165) is 11.3 Å². The fourth-order valence-electron chi connectivity index (χ4n) is 2.06. The van der Waals surface area contributed by atoms with Gasteiger partial charge in [0.25, 0.3) is 0 Å². The maximum atomic E-state index is 11.9. The Morgan fingerprint density at radius 2 is 2.14 bits per heavy atom. The molecule has 6 heteroatoms. The second-order valence-corrected chi connectivity index (χ2v) is 4.87. The molecule has 2 N–H and O–H groups in total. The summed E-state index contributed by atoms with van der Waals surface area (Å²) in [5.74, 6) is 0.617. The molecule has 0 fully saturated rings. The fourth-order valence-corrected chi connectivity index (χ4v) is 2.06. The minimum Gasteiger partial charge on any atom is -0.383 e. The highest BCUT2D eigenvalue weighted by atomic mass is 16.5. The number of nitrogens with zero attached hydrogens (tertiary/aromatic N) is 2. The Kier molecular flexibility index (Phi) is 4.94. The Bertz CT molecular complexity index is 609. The Labute approximate surface area is 124 Å². The van der Waals surface area contributed by atoms with Gasteiger partial charge in [-0.3, -0.25) is 5.32 Å². The molecular weight excluding hydrogens is 268 g/mol. The van der Waals surface area contributed by atoms with Crippen LogP contribution in [0.15, 0.2) is 36.5 Å². The van der Waals surface area contributed by atoms with Crippen molar-refractivity contribution in [3.8, 4) is 5.69 Å². The van der Waals surface area contributed by atoms with Gasteiger partial charge in [0, 0.05) is 13.2 Å². The zero-order chi connectivity index (χ0) is 15.2. The van der Waals surface area contributed by atoms with E-state index in [1.165, 1.54) is 0 Å². The van der Waals surface area contributed by atoms with E-state index in [0.29, 0.717) is 12.4 Å². The van der Waals surface area contributed by atoms with Crippen LogP contribution < -0.4 is 10.6 Å². The molecule has 112 valence electrons. The van der Waals surface area contributed by atoms with Gasteiger partial charge in [0.15, 0.2) is 0 Å². The van der Waals surface area contributed by atoms with E-state index in [-0.39, 0.29) is 12.1 Å². The van der Waals surface area contributed by atoms with Crippen molar-refractivity contribution >= 4 is 11.8 Å². The third kappa shape index (κ3) is 3.82. The van der Waals surface area contributed by atoms with E-state index in [2.05, 4.69) is 15.7 Å². The summed E-state index contributed by atoms with van der Waals surface area (Å²) in [7, 11) is 1.60. The quantitative estimate of drug-likeness (QED) is 0.887. The van der Waals surface area contributed by atoms with Crippen LogP contribution in [0, 0.1) is 6.92 Å². The molecule has 0 radical (unpaired) electrons. The van der Waals surface area contributed by atoms with Gasteiger partial charge in [-0.15, -0.1) is 0 Å². The third-order valence-corrected chi connectivity index (χ3v) is 3.02. The predicted octanol–water partition coefficient (Wildman–Crippen LogP) is 2.34. The van der Waals surface area contributed by atoms with Crippen LogP contribution in [0.4, 0.5) is 10.6 Å². The minimum atomic E-state index is -0.283. The third-order valence-electron chi connectivity index (χ3n) is 3.02. The summed E-state index contributed by atoms with van der Waals surface area (Å²) in [5, 5.41) is 9.86. The normalized spacial score (nSPS) is 12.0. The number of urea groups is 1. The van der Waals surface area contributed by atoms with Gasteiger partial charge < -0.3 is 10.1 Å². The number of benzene rings is 1. The Morgan fingerprint density at radius 1 is 1.38 bits per heavy atom. The van der Waals surface area contributed by atoms with Gasteiger partial charge in [-0.1, -0.05) is 18.2 Å². The number of hydrogen-bond donors (Lipinski definition) is 2. The second-order valence-electron chi connectivity index (χ2n) is 4.87. The number of ether oxygens (including phenoxy) is 1. The molecule has 0 unspecified atom stereocenters. The number of hydrogen-bond acceptors (Lipinski definition) is 3. The highest BCUT2D eigenvalue weighted by molar-refractivity contribution is 5.88. The highest BCUT2D eigenvalue weighted by Crippen LogP contribution is 2.17. The Balaban J connectivity index is 2.11. The number of rotatable bonds is 5. The predicted molar refractivity (Wildman–Crippen MR) is 81.8 cm³/mol. The van der Waals surface area contributed by atoms with Gasteiger partial charge in [0.1, 0.15) is 5.82 Å². The number of anilines is 1. The van der Waals surface area contributed by atoms with Gasteiger partial charge in [-0.05, 0) is 25.5 Å². The Morgan fingerprint density at radius 3 is 2.86 bits per heavy atom. The zero-order valence-corrected chi connectivity index (χ0v) is 12.5. The molecule has 0 spiro atoms. The summed E-state index contributed by atoms with van der Waals surface area (Å²) in [5.41, 5.74) is 2.01. The lowest BCUT2D eigenvalue weighted by Gasteiger charge is -2.15. The lowest BCUT2D eigenvalue weighted by molar-refractivity contribution is 0.173. The molecule has 1 aromatic carbocycles. The summed E-state index contributed by atoms with van der Waals surface area (Å²) in [6.45, 7) is 4.34. The van der Waals surface area contributed by atoms with Crippen LogP contribution in [0.25, 0.3) is 5.69 Å². The standard InChI is InChI=1S/C15H20N4O2/c1-11-6-4-5-7-13(11)19-14(8-9-16-19)18-15(20)17-12(2)10-21-3/h4-9,12H,10H2,1-3H3,(H2,17,18,20)/t12-/m1/s1. The molecule has 2 rings (SSSR count). The first-order valence-corrected chi connectivity index (χ1v) is 6.78. The SMILES string of the molecule is COC[C@@H](C)NC(=O)Nc1ccnn1-c1ccccc1C. The molecule has 2 aromatic rings. The van der Waals surface area contributed by atoms with Crippen molar-refractivity contribution in [2.24, 2.45) is 0 Å². The molecule has 21 heavy (non-hydrogen) atoms. The summed E-state index contributed by atoms with van der Waals surface area (Å²) in [4.78, 5) is 11.9. The average Bonchev–Trinajstić information content (AvgIpc) is 2.87. The lowest BCUT2D eigenvalue weighted by Crippen LogP contribution is -2.38. The molecular formula is C15H20N4O2. The molecule has 0 saturated heterocycles. The zero-order valence-electron chi connectivity index (χ0n) is 12.5. The second kappa shape index (κ2) is 6.90. The summed E-state index contributed by atoms with van der Waals surface area (Å²) >= 11 is 0. The molecule has 1 atom stereocenters. The molecule has 0 aliphatic carbocycles. The molecule has 6 nitrogen and oxygen atoms in total. The first-order valence-electron chi connectivity index (χ1n) is 6.78. The number of methoxy groups -OCH3 is 1. The molecule has 0 bridgehead atoms. The highest BCUT2D eigenvalue weighted by Gasteiger charge is 2.11. The van der Waals surface area contributed by atoms with Crippen molar-refractivity contribution in [2.75, 3.05) is 19.0 Å². The van der Waals surface area contributed by atoms with Gasteiger partial charge >= 0.3 is 6.03 Å². The van der Waals surface area contributed by atoms with Crippen molar-refractivity contribution in [3.05, 3.63) is 42.1 Å². The van der Waals surface area contributed by atoms with Crippen molar-refractivity contribution in [2.45, 2.75) is 19.9 Å². The van der Waals surface area contributed by atoms with Crippen molar-refractivity contribution < 1.29 is 9.53 Å². The molecule has 0 saturated carbocycles. The molecule has 1 aromatic heterocycles. The number of amides is 2. The van der Waals surface area contributed by atoms with Crippen molar-refractivity contribution in [3.63, 3.8) is 0 Å². The van der Waals surface area contributed by atoms with Gasteiger partial charge in [-0.2, -0.15) is 5.10 Å². The van der Waals surface area contributed by atoms with Crippen molar-refractivity contribution in [1.29, 1.82) is 0 Å². The van der Waals surface area contributed by atoms with Crippen LogP contribution >= 0.6 is 0 Å². The van der Waals surface area contributed by atoms with Crippen LogP contribution in [0.5, 0.6) is 0 Å². The van der Waals surface area contributed by atoms with Crippen LogP contribution in [0.3, 0.4) is 0 Å². The number of para-hydroxylation sites is 1. The molecule has 1 heterocycles. The fraction of sp³-hybridized carbons (Fsp3) is 0.333. The average molecular weight is 288 g/mol. The van der Waals surface area contributed by atoms with Crippen LogP contribution in [0.2, 0.25) is 0 Å². The van der Waals surface area contributed by atoms with E-state index in [9.17, 15) is 4.79 Å². The largest absolute Gasteiger partial charge is 0.383 e. The maximum Gasteiger partial charge on any atom is 0.320 e. The van der Waals surface area contributed by atoms with E-state index in [1.807, 2.05) is 38.1 Å². The van der Waals surface area contributed by atoms with Crippen LogP contribution in [-0.2, 0) is 4.74 Å². The number of aromatic nitrogens is 2. The first kappa shape index (κ1) is 15.1.